The van der Waals surface area contributed by atoms with Crippen LogP contribution in [-0.2, 0) is 14.3 Å². The summed E-state index contributed by atoms with van der Waals surface area (Å²) in [4.78, 5) is 22.4. The summed E-state index contributed by atoms with van der Waals surface area (Å²) in [7, 11) is 1.51. The molecule has 2 atom stereocenters. The van der Waals surface area contributed by atoms with E-state index in [1.54, 1.807) is 0 Å². The smallest absolute Gasteiger partial charge is 0.303 e. The van der Waals surface area contributed by atoms with E-state index in [0.717, 1.165) is 6.42 Å². The standard InChI is InChI=1S/C13H26N2O4/c1-9(2)4-10(5-13(17)18)8-15-12(16)6-11(7-14)19-3/h9-11H,4-8,14H2,1-3H3,(H,15,16)(H,17,18). The Hall–Kier alpha value is -1.14. The van der Waals surface area contributed by atoms with Crippen LogP contribution in [-0.4, -0.2) is 43.3 Å². The second-order valence-electron chi connectivity index (χ2n) is 5.20. The maximum absolute atomic E-state index is 11.7. The molecule has 1 amide bonds. The van der Waals surface area contributed by atoms with Gasteiger partial charge in [0.25, 0.3) is 0 Å². The lowest BCUT2D eigenvalue weighted by Crippen LogP contribution is -2.35. The minimum Gasteiger partial charge on any atom is -0.481 e. The minimum atomic E-state index is -0.836. The summed E-state index contributed by atoms with van der Waals surface area (Å²) in [6.45, 7) is 4.73. The van der Waals surface area contributed by atoms with Crippen LogP contribution in [0.3, 0.4) is 0 Å². The Kier molecular flexibility index (Phi) is 9.16. The van der Waals surface area contributed by atoms with E-state index in [-0.39, 0.29) is 37.3 Å². The molecule has 112 valence electrons. The molecule has 0 rings (SSSR count). The number of methoxy groups -OCH3 is 1. The summed E-state index contributed by atoms with van der Waals surface area (Å²) in [5, 5.41) is 11.6. The predicted molar refractivity (Wildman–Crippen MR) is 72.7 cm³/mol. The number of carboxylic acid groups (broad SMARTS) is 1. The van der Waals surface area contributed by atoms with E-state index < -0.39 is 5.97 Å². The van der Waals surface area contributed by atoms with Crippen LogP contribution in [0.4, 0.5) is 0 Å². The van der Waals surface area contributed by atoms with Crippen molar-refractivity contribution in [2.24, 2.45) is 17.6 Å². The number of hydrogen-bond donors (Lipinski definition) is 3. The molecule has 0 saturated carbocycles. The SMILES string of the molecule is COC(CN)CC(=O)NCC(CC(=O)O)CC(C)C. The van der Waals surface area contributed by atoms with E-state index in [1.807, 2.05) is 13.8 Å². The quantitative estimate of drug-likeness (QED) is 0.541. The number of ether oxygens (including phenoxy) is 1. The number of rotatable bonds is 10. The first-order chi connectivity index (χ1) is 8.88. The molecule has 6 nitrogen and oxygen atoms in total. The van der Waals surface area contributed by atoms with Crippen LogP contribution < -0.4 is 11.1 Å². The molecule has 0 aromatic rings. The average molecular weight is 274 g/mol. The Bertz CT molecular complexity index is 278. The summed E-state index contributed by atoms with van der Waals surface area (Å²) >= 11 is 0. The van der Waals surface area contributed by atoms with Crippen LogP contribution in [0.5, 0.6) is 0 Å². The van der Waals surface area contributed by atoms with Crippen molar-refractivity contribution >= 4 is 11.9 Å². The predicted octanol–water partition coefficient (Wildman–Crippen LogP) is 0.603. The fraction of sp³-hybridized carbons (Fsp3) is 0.846. The van der Waals surface area contributed by atoms with Crippen LogP contribution in [0.1, 0.15) is 33.1 Å². The number of aliphatic carboxylic acids is 1. The van der Waals surface area contributed by atoms with Gasteiger partial charge in [-0.3, -0.25) is 9.59 Å². The van der Waals surface area contributed by atoms with Gasteiger partial charge in [0.2, 0.25) is 5.91 Å². The summed E-state index contributed by atoms with van der Waals surface area (Å²) in [5.74, 6) is -0.634. The molecule has 6 heteroatoms. The molecule has 0 saturated heterocycles. The maximum atomic E-state index is 11.7. The third-order valence-corrected chi connectivity index (χ3v) is 2.87. The topological polar surface area (TPSA) is 102 Å². The largest absolute Gasteiger partial charge is 0.481 e. The fourth-order valence-corrected chi connectivity index (χ4v) is 1.95. The van der Waals surface area contributed by atoms with Crippen molar-refractivity contribution in [2.45, 2.75) is 39.2 Å². The minimum absolute atomic E-state index is 0.0414. The zero-order valence-corrected chi connectivity index (χ0v) is 12.0. The molecule has 0 spiro atoms. The Morgan fingerprint density at radius 2 is 1.95 bits per heavy atom. The van der Waals surface area contributed by atoms with Gasteiger partial charge in [0, 0.05) is 26.6 Å². The Labute approximate surface area is 114 Å². The summed E-state index contributed by atoms with van der Waals surface area (Å²) < 4.78 is 5.03. The lowest BCUT2D eigenvalue weighted by atomic mass is 9.94. The highest BCUT2D eigenvalue weighted by molar-refractivity contribution is 5.76. The van der Waals surface area contributed by atoms with Gasteiger partial charge in [-0.05, 0) is 18.3 Å². The molecule has 0 aromatic heterocycles. The number of nitrogens with one attached hydrogen (secondary N) is 1. The van der Waals surface area contributed by atoms with Crippen LogP contribution in [0.2, 0.25) is 0 Å². The van der Waals surface area contributed by atoms with Gasteiger partial charge in [-0.15, -0.1) is 0 Å². The van der Waals surface area contributed by atoms with Gasteiger partial charge in [-0.1, -0.05) is 13.8 Å². The van der Waals surface area contributed by atoms with Crippen molar-refractivity contribution in [3.05, 3.63) is 0 Å². The highest BCUT2D eigenvalue weighted by atomic mass is 16.5. The normalized spacial score (nSPS) is 14.2. The lowest BCUT2D eigenvalue weighted by molar-refractivity contribution is -0.138. The number of carbonyl (C=O) groups excluding carboxylic acids is 1. The van der Waals surface area contributed by atoms with Crippen LogP contribution >= 0.6 is 0 Å². The Balaban J connectivity index is 4.14. The molecule has 4 N–H and O–H groups in total. The highest BCUT2D eigenvalue weighted by Crippen LogP contribution is 2.14. The van der Waals surface area contributed by atoms with E-state index in [2.05, 4.69) is 5.32 Å². The van der Waals surface area contributed by atoms with Gasteiger partial charge in [0.1, 0.15) is 0 Å². The first-order valence-electron chi connectivity index (χ1n) is 6.60. The van der Waals surface area contributed by atoms with Gasteiger partial charge >= 0.3 is 5.97 Å². The Morgan fingerprint density at radius 1 is 1.32 bits per heavy atom. The van der Waals surface area contributed by atoms with Crippen LogP contribution in [0.25, 0.3) is 0 Å². The zero-order chi connectivity index (χ0) is 14.8. The first kappa shape index (κ1) is 17.9. The van der Waals surface area contributed by atoms with Crippen molar-refractivity contribution in [3.63, 3.8) is 0 Å². The molecule has 0 fully saturated rings. The summed E-state index contributed by atoms with van der Waals surface area (Å²) in [6.07, 6.45) is 0.761. The Morgan fingerprint density at radius 3 is 2.37 bits per heavy atom. The summed E-state index contributed by atoms with van der Waals surface area (Å²) in [6, 6.07) is 0. The van der Waals surface area contributed by atoms with Gasteiger partial charge < -0.3 is 20.9 Å². The molecular weight excluding hydrogens is 248 g/mol. The third kappa shape index (κ3) is 9.44. The molecule has 2 unspecified atom stereocenters. The van der Waals surface area contributed by atoms with Gasteiger partial charge in [0.05, 0.1) is 12.5 Å². The van der Waals surface area contributed by atoms with Crippen molar-refractivity contribution in [1.82, 2.24) is 5.32 Å². The molecule has 19 heavy (non-hydrogen) atoms. The number of hydrogen-bond acceptors (Lipinski definition) is 4. The van der Waals surface area contributed by atoms with Gasteiger partial charge in [0.15, 0.2) is 0 Å². The summed E-state index contributed by atoms with van der Waals surface area (Å²) in [5.41, 5.74) is 5.44. The lowest BCUT2D eigenvalue weighted by Gasteiger charge is -2.19. The number of carboxylic acids is 1. The molecular formula is C13H26N2O4. The zero-order valence-electron chi connectivity index (χ0n) is 12.0. The average Bonchev–Trinajstić information content (AvgIpc) is 2.31. The molecule has 0 aliphatic rings. The van der Waals surface area contributed by atoms with E-state index in [0.29, 0.717) is 12.5 Å². The van der Waals surface area contributed by atoms with Crippen molar-refractivity contribution in [2.75, 3.05) is 20.2 Å². The number of nitrogens with two attached hydrogens (primary N) is 1. The molecule has 0 heterocycles. The second kappa shape index (κ2) is 9.75. The van der Waals surface area contributed by atoms with E-state index in [4.69, 9.17) is 15.6 Å². The molecule has 0 aliphatic heterocycles. The van der Waals surface area contributed by atoms with Gasteiger partial charge in [-0.2, -0.15) is 0 Å². The van der Waals surface area contributed by atoms with E-state index in [9.17, 15) is 9.59 Å². The van der Waals surface area contributed by atoms with E-state index in [1.165, 1.54) is 7.11 Å². The van der Waals surface area contributed by atoms with Crippen LogP contribution in [0, 0.1) is 11.8 Å². The maximum Gasteiger partial charge on any atom is 0.303 e. The third-order valence-electron chi connectivity index (χ3n) is 2.87. The molecule has 0 aromatic carbocycles. The van der Waals surface area contributed by atoms with Crippen molar-refractivity contribution < 1.29 is 19.4 Å². The first-order valence-corrected chi connectivity index (χ1v) is 6.60. The van der Waals surface area contributed by atoms with Gasteiger partial charge in [-0.25, -0.2) is 0 Å². The number of amides is 1. The second-order valence-corrected chi connectivity index (χ2v) is 5.20. The van der Waals surface area contributed by atoms with Crippen molar-refractivity contribution in [3.8, 4) is 0 Å². The van der Waals surface area contributed by atoms with Crippen LogP contribution in [0.15, 0.2) is 0 Å². The van der Waals surface area contributed by atoms with Crippen molar-refractivity contribution in [1.29, 1.82) is 0 Å². The fourth-order valence-electron chi connectivity index (χ4n) is 1.95. The monoisotopic (exact) mass is 274 g/mol. The van der Waals surface area contributed by atoms with E-state index >= 15 is 0 Å². The highest BCUT2D eigenvalue weighted by Gasteiger charge is 2.17. The molecule has 0 radical (unpaired) electrons. The molecule has 0 bridgehead atoms. The number of carbonyl (C=O) groups is 2. The molecule has 0 aliphatic carbocycles.